The second-order valence-electron chi connectivity index (χ2n) is 9.46. The first-order valence-electron chi connectivity index (χ1n) is 10.3. The van der Waals surface area contributed by atoms with E-state index in [0.29, 0.717) is 25.3 Å². The average Bonchev–Trinajstić information content (AvgIpc) is 2.76. The highest BCUT2D eigenvalue weighted by molar-refractivity contribution is 5.75. The minimum absolute atomic E-state index is 0.0838. The van der Waals surface area contributed by atoms with Crippen molar-refractivity contribution in [2.75, 3.05) is 6.54 Å². The standard InChI is InChI=1S/C20H34N4O3/c1-19(2,3)15-8-10-20(27,11-9-15)14-21-17(25)13-24-18(26)23-12-6-4-5-7-16(23)22-24/h15,27H,4-14H2,1-3H3,(H,21,25). The van der Waals surface area contributed by atoms with Crippen LogP contribution in [0, 0.1) is 11.3 Å². The van der Waals surface area contributed by atoms with Crippen molar-refractivity contribution in [2.45, 2.75) is 90.8 Å². The second kappa shape index (κ2) is 7.78. The molecule has 1 aromatic rings. The van der Waals surface area contributed by atoms with Crippen molar-refractivity contribution in [3.63, 3.8) is 0 Å². The number of carbonyl (C=O) groups is 1. The number of fused-ring (bicyclic) bond motifs is 1. The SMILES string of the molecule is CC(C)(C)C1CCC(O)(CNC(=O)Cn2nc3n(c2=O)CCCCC3)CC1. The highest BCUT2D eigenvalue weighted by Gasteiger charge is 2.37. The Labute approximate surface area is 161 Å². The van der Waals surface area contributed by atoms with Crippen LogP contribution in [0.1, 0.15) is 71.5 Å². The topological polar surface area (TPSA) is 89.2 Å². The van der Waals surface area contributed by atoms with Gasteiger partial charge < -0.3 is 10.4 Å². The third-order valence-corrected chi connectivity index (χ3v) is 6.33. The van der Waals surface area contributed by atoms with Crippen LogP contribution in [-0.4, -0.2) is 37.5 Å². The molecule has 7 nitrogen and oxygen atoms in total. The van der Waals surface area contributed by atoms with Crippen LogP contribution in [0.4, 0.5) is 0 Å². The van der Waals surface area contributed by atoms with Gasteiger partial charge in [0.1, 0.15) is 12.4 Å². The van der Waals surface area contributed by atoms with Crippen molar-refractivity contribution < 1.29 is 9.90 Å². The molecule has 1 saturated carbocycles. The van der Waals surface area contributed by atoms with Gasteiger partial charge in [0.2, 0.25) is 5.91 Å². The molecule has 2 heterocycles. The van der Waals surface area contributed by atoms with Crippen LogP contribution in [0.3, 0.4) is 0 Å². The first kappa shape index (κ1) is 20.1. The van der Waals surface area contributed by atoms with Crippen molar-refractivity contribution in [3.8, 4) is 0 Å². The largest absolute Gasteiger partial charge is 0.388 e. The van der Waals surface area contributed by atoms with E-state index in [9.17, 15) is 14.7 Å². The number of amides is 1. The number of aryl methyl sites for hydroxylation is 1. The quantitative estimate of drug-likeness (QED) is 0.837. The van der Waals surface area contributed by atoms with E-state index in [0.717, 1.165) is 44.3 Å². The van der Waals surface area contributed by atoms with E-state index >= 15 is 0 Å². The summed E-state index contributed by atoms with van der Waals surface area (Å²) in [5.41, 5.74) is -0.787. The van der Waals surface area contributed by atoms with Crippen molar-refractivity contribution in [1.82, 2.24) is 19.7 Å². The number of nitrogens with one attached hydrogen (secondary N) is 1. The molecule has 3 rings (SSSR count). The summed E-state index contributed by atoms with van der Waals surface area (Å²) >= 11 is 0. The van der Waals surface area contributed by atoms with Gasteiger partial charge in [0.05, 0.1) is 5.60 Å². The van der Waals surface area contributed by atoms with Gasteiger partial charge in [0, 0.05) is 19.5 Å². The Balaban J connectivity index is 1.53. The third-order valence-electron chi connectivity index (χ3n) is 6.33. The van der Waals surface area contributed by atoms with Gasteiger partial charge in [-0.2, -0.15) is 5.10 Å². The van der Waals surface area contributed by atoms with E-state index in [1.165, 1.54) is 4.68 Å². The predicted molar refractivity (Wildman–Crippen MR) is 103 cm³/mol. The molecule has 2 N–H and O–H groups in total. The normalized spacial score (nSPS) is 26.3. The molecule has 1 fully saturated rings. The van der Waals surface area contributed by atoms with E-state index in [2.05, 4.69) is 31.2 Å². The summed E-state index contributed by atoms with van der Waals surface area (Å²) in [7, 11) is 0. The summed E-state index contributed by atoms with van der Waals surface area (Å²) in [6.45, 7) is 7.57. The zero-order valence-electron chi connectivity index (χ0n) is 17.0. The maximum atomic E-state index is 12.4. The first-order valence-corrected chi connectivity index (χ1v) is 10.3. The zero-order valence-corrected chi connectivity index (χ0v) is 17.0. The molecule has 0 saturated heterocycles. The molecule has 0 aromatic carbocycles. The van der Waals surface area contributed by atoms with Crippen molar-refractivity contribution in [3.05, 3.63) is 16.3 Å². The summed E-state index contributed by atoms with van der Waals surface area (Å²) < 4.78 is 2.96. The molecule has 0 spiro atoms. The zero-order chi connectivity index (χ0) is 19.7. The number of aromatic nitrogens is 3. The molecule has 1 aliphatic carbocycles. The van der Waals surface area contributed by atoms with E-state index in [4.69, 9.17) is 0 Å². The maximum Gasteiger partial charge on any atom is 0.346 e. The lowest BCUT2D eigenvalue weighted by Crippen LogP contribution is -2.47. The summed E-state index contributed by atoms with van der Waals surface area (Å²) in [6.07, 6.45) is 7.27. The minimum atomic E-state index is -0.840. The molecule has 1 aliphatic heterocycles. The lowest BCUT2D eigenvalue weighted by molar-refractivity contribution is -0.123. The van der Waals surface area contributed by atoms with Gasteiger partial charge in [0.25, 0.3) is 0 Å². The van der Waals surface area contributed by atoms with Gasteiger partial charge in [-0.25, -0.2) is 9.48 Å². The van der Waals surface area contributed by atoms with E-state index in [-0.39, 0.29) is 30.1 Å². The van der Waals surface area contributed by atoms with Gasteiger partial charge in [-0.15, -0.1) is 0 Å². The Hall–Kier alpha value is -1.63. The number of rotatable bonds is 4. The lowest BCUT2D eigenvalue weighted by Gasteiger charge is -2.41. The van der Waals surface area contributed by atoms with Gasteiger partial charge in [-0.3, -0.25) is 9.36 Å². The molecule has 0 bridgehead atoms. The smallest absolute Gasteiger partial charge is 0.346 e. The number of hydrogen-bond donors (Lipinski definition) is 2. The van der Waals surface area contributed by atoms with Gasteiger partial charge in [-0.05, 0) is 49.9 Å². The van der Waals surface area contributed by atoms with Crippen molar-refractivity contribution in [2.24, 2.45) is 11.3 Å². The Morgan fingerprint density at radius 1 is 1.26 bits per heavy atom. The number of carbonyl (C=O) groups excluding carboxylic acids is 1. The highest BCUT2D eigenvalue weighted by Crippen LogP contribution is 2.41. The van der Waals surface area contributed by atoms with Gasteiger partial charge in [-0.1, -0.05) is 27.2 Å². The van der Waals surface area contributed by atoms with Crippen LogP contribution in [-0.2, 0) is 24.3 Å². The molecule has 2 aliphatic rings. The van der Waals surface area contributed by atoms with Crippen LogP contribution in [0.15, 0.2) is 4.79 Å². The highest BCUT2D eigenvalue weighted by atomic mass is 16.3. The van der Waals surface area contributed by atoms with Gasteiger partial charge in [0.15, 0.2) is 0 Å². The molecule has 1 amide bonds. The molecule has 152 valence electrons. The Morgan fingerprint density at radius 2 is 1.96 bits per heavy atom. The maximum absolute atomic E-state index is 12.4. The molecule has 0 radical (unpaired) electrons. The van der Waals surface area contributed by atoms with E-state index in [1.54, 1.807) is 4.57 Å². The van der Waals surface area contributed by atoms with Crippen LogP contribution >= 0.6 is 0 Å². The second-order valence-corrected chi connectivity index (χ2v) is 9.46. The number of aliphatic hydroxyl groups is 1. The molecule has 1 aromatic heterocycles. The van der Waals surface area contributed by atoms with E-state index < -0.39 is 5.60 Å². The fourth-order valence-corrected chi connectivity index (χ4v) is 4.38. The molecule has 0 atom stereocenters. The van der Waals surface area contributed by atoms with Crippen LogP contribution in [0.2, 0.25) is 0 Å². The summed E-state index contributed by atoms with van der Waals surface area (Å²) in [6, 6.07) is 0. The predicted octanol–water partition coefficient (Wildman–Crippen LogP) is 1.85. The Kier molecular flexibility index (Phi) is 5.79. The number of nitrogens with zero attached hydrogens (tertiary/aromatic N) is 3. The van der Waals surface area contributed by atoms with Crippen LogP contribution in [0.5, 0.6) is 0 Å². The van der Waals surface area contributed by atoms with Gasteiger partial charge >= 0.3 is 5.69 Å². The van der Waals surface area contributed by atoms with Crippen LogP contribution < -0.4 is 11.0 Å². The van der Waals surface area contributed by atoms with E-state index in [1.807, 2.05) is 0 Å². The first-order chi connectivity index (χ1) is 12.7. The average molecular weight is 379 g/mol. The third kappa shape index (κ3) is 4.81. The molecular formula is C20H34N4O3. The molecule has 7 heteroatoms. The Morgan fingerprint density at radius 3 is 2.63 bits per heavy atom. The van der Waals surface area contributed by atoms with Crippen LogP contribution in [0.25, 0.3) is 0 Å². The monoisotopic (exact) mass is 378 g/mol. The number of hydrogen-bond acceptors (Lipinski definition) is 4. The Bertz CT molecular complexity index is 721. The van der Waals surface area contributed by atoms with Crippen molar-refractivity contribution >= 4 is 5.91 Å². The summed E-state index contributed by atoms with van der Waals surface area (Å²) in [5.74, 6) is 1.12. The summed E-state index contributed by atoms with van der Waals surface area (Å²) in [5, 5.41) is 17.9. The fourth-order valence-electron chi connectivity index (χ4n) is 4.38. The molecular weight excluding hydrogens is 344 g/mol. The van der Waals surface area contributed by atoms with Crippen molar-refractivity contribution in [1.29, 1.82) is 0 Å². The molecule has 0 unspecified atom stereocenters. The fraction of sp³-hybridized carbons (Fsp3) is 0.850. The lowest BCUT2D eigenvalue weighted by atomic mass is 9.68. The minimum Gasteiger partial charge on any atom is -0.388 e. The summed E-state index contributed by atoms with van der Waals surface area (Å²) in [4.78, 5) is 24.8. The molecule has 27 heavy (non-hydrogen) atoms.